The van der Waals surface area contributed by atoms with Gasteiger partial charge in [0.1, 0.15) is 6.10 Å². The molecule has 1 fully saturated rings. The molecule has 1 heterocycles. The Hall–Kier alpha value is -1.92. The molecule has 0 spiro atoms. The molecule has 0 aromatic carbocycles. The van der Waals surface area contributed by atoms with Crippen molar-refractivity contribution in [3.8, 4) is 0 Å². The number of ether oxygens (including phenoxy) is 3. The molecule has 0 amide bonds. The molecule has 5 atom stereocenters. The van der Waals surface area contributed by atoms with E-state index in [-0.39, 0.29) is 18.0 Å². The first-order valence-electron chi connectivity index (χ1n) is 9.36. The number of esters is 2. The maximum Gasteiger partial charge on any atom is 0.337 e. The van der Waals surface area contributed by atoms with Crippen molar-refractivity contribution in [1.29, 1.82) is 0 Å². The average Bonchev–Trinajstić information content (AvgIpc) is 2.85. The van der Waals surface area contributed by atoms with Crippen LogP contribution in [-0.2, 0) is 23.8 Å². The fourth-order valence-corrected chi connectivity index (χ4v) is 4.68. The lowest BCUT2D eigenvalue weighted by Crippen LogP contribution is -2.56. The van der Waals surface area contributed by atoms with Gasteiger partial charge in [-0.05, 0) is 39.7 Å². The number of carbonyl (C=O) groups excluding carboxylic acids is 2. The lowest BCUT2D eigenvalue weighted by Gasteiger charge is -2.53. The van der Waals surface area contributed by atoms with Gasteiger partial charge in [-0.2, -0.15) is 0 Å². The molecule has 1 saturated carbocycles. The van der Waals surface area contributed by atoms with Crippen molar-refractivity contribution in [2.24, 2.45) is 11.3 Å². The standard InChI is InChI=1S/C21H28O6/c1-7-11(2)18(22)26-15-9-8-14-10-21(24)16(12(3)19(23)27-21)17(25-6)20(14,5)13(15)4/h7,10,13,15,17,24H,8-9H2,1-6H3. The third-order valence-electron chi connectivity index (χ3n) is 6.66. The Morgan fingerprint density at radius 2 is 2.11 bits per heavy atom. The van der Waals surface area contributed by atoms with Crippen LogP contribution in [-0.4, -0.2) is 42.1 Å². The molecule has 0 saturated heterocycles. The monoisotopic (exact) mass is 376 g/mol. The van der Waals surface area contributed by atoms with E-state index in [1.54, 1.807) is 40.0 Å². The van der Waals surface area contributed by atoms with E-state index in [0.717, 1.165) is 5.57 Å². The molecule has 5 unspecified atom stereocenters. The van der Waals surface area contributed by atoms with Crippen molar-refractivity contribution in [3.63, 3.8) is 0 Å². The van der Waals surface area contributed by atoms with Crippen LogP contribution in [0.25, 0.3) is 0 Å². The number of carbonyl (C=O) groups is 2. The summed E-state index contributed by atoms with van der Waals surface area (Å²) in [5, 5.41) is 11.0. The first kappa shape index (κ1) is 19.8. The smallest absolute Gasteiger partial charge is 0.337 e. The van der Waals surface area contributed by atoms with E-state index in [0.29, 0.717) is 29.6 Å². The summed E-state index contributed by atoms with van der Waals surface area (Å²) in [6.45, 7) is 9.25. The van der Waals surface area contributed by atoms with E-state index in [9.17, 15) is 14.7 Å². The summed E-state index contributed by atoms with van der Waals surface area (Å²) < 4.78 is 16.8. The Kier molecular flexibility index (Phi) is 4.85. The SMILES string of the molecule is CC=C(C)C(=O)OC1CCC2=CC3(O)OC(=O)C(C)=C3C(OC)C2(C)C1C. The molecule has 3 aliphatic rings. The highest BCUT2D eigenvalue weighted by molar-refractivity contribution is 5.93. The second kappa shape index (κ2) is 6.60. The molecule has 6 heteroatoms. The number of hydrogen-bond donors (Lipinski definition) is 1. The van der Waals surface area contributed by atoms with Gasteiger partial charge in [0.25, 0.3) is 5.79 Å². The zero-order valence-corrected chi connectivity index (χ0v) is 16.8. The van der Waals surface area contributed by atoms with Gasteiger partial charge in [-0.1, -0.05) is 25.5 Å². The van der Waals surface area contributed by atoms with E-state index < -0.39 is 23.3 Å². The summed E-state index contributed by atoms with van der Waals surface area (Å²) in [6, 6.07) is 0. The molecule has 0 radical (unpaired) electrons. The van der Waals surface area contributed by atoms with E-state index in [4.69, 9.17) is 14.2 Å². The topological polar surface area (TPSA) is 82.1 Å². The second-order valence-electron chi connectivity index (χ2n) is 7.94. The van der Waals surface area contributed by atoms with Crippen molar-refractivity contribution < 1.29 is 28.9 Å². The highest BCUT2D eigenvalue weighted by Crippen LogP contribution is 2.57. The molecule has 0 bridgehead atoms. The van der Waals surface area contributed by atoms with Crippen LogP contribution in [0.5, 0.6) is 0 Å². The molecule has 1 N–H and O–H groups in total. The van der Waals surface area contributed by atoms with Crippen LogP contribution >= 0.6 is 0 Å². The van der Waals surface area contributed by atoms with Crippen LogP contribution in [0.4, 0.5) is 0 Å². The normalized spacial score (nSPS) is 38.8. The van der Waals surface area contributed by atoms with Gasteiger partial charge in [-0.15, -0.1) is 0 Å². The van der Waals surface area contributed by atoms with Gasteiger partial charge in [0.15, 0.2) is 0 Å². The van der Waals surface area contributed by atoms with Crippen LogP contribution in [0.15, 0.2) is 34.4 Å². The Morgan fingerprint density at radius 1 is 1.44 bits per heavy atom. The van der Waals surface area contributed by atoms with Gasteiger partial charge >= 0.3 is 11.9 Å². The Morgan fingerprint density at radius 3 is 2.70 bits per heavy atom. The van der Waals surface area contributed by atoms with Gasteiger partial charge in [0.2, 0.25) is 0 Å². The minimum atomic E-state index is -1.75. The number of methoxy groups -OCH3 is 1. The van der Waals surface area contributed by atoms with Crippen LogP contribution in [0.3, 0.4) is 0 Å². The van der Waals surface area contributed by atoms with Crippen LogP contribution in [0, 0.1) is 11.3 Å². The minimum Gasteiger partial charge on any atom is -0.459 e. The maximum absolute atomic E-state index is 12.3. The number of fused-ring (bicyclic) bond motifs is 2. The van der Waals surface area contributed by atoms with Crippen molar-refractivity contribution in [2.75, 3.05) is 7.11 Å². The van der Waals surface area contributed by atoms with Crippen LogP contribution in [0.2, 0.25) is 0 Å². The lowest BCUT2D eigenvalue weighted by molar-refractivity contribution is -0.179. The van der Waals surface area contributed by atoms with Crippen molar-refractivity contribution in [2.45, 2.75) is 65.5 Å². The predicted molar refractivity (Wildman–Crippen MR) is 98.4 cm³/mol. The quantitative estimate of drug-likeness (QED) is 0.463. The molecule has 6 nitrogen and oxygen atoms in total. The van der Waals surface area contributed by atoms with Gasteiger partial charge in [-0.25, -0.2) is 9.59 Å². The fourth-order valence-electron chi connectivity index (χ4n) is 4.68. The third kappa shape index (κ3) is 2.77. The first-order valence-corrected chi connectivity index (χ1v) is 9.36. The van der Waals surface area contributed by atoms with E-state index in [2.05, 4.69) is 0 Å². The number of hydrogen-bond acceptors (Lipinski definition) is 6. The van der Waals surface area contributed by atoms with Crippen LogP contribution < -0.4 is 0 Å². The van der Waals surface area contributed by atoms with Gasteiger partial charge in [0, 0.05) is 35.2 Å². The average molecular weight is 376 g/mol. The molecule has 27 heavy (non-hydrogen) atoms. The van der Waals surface area contributed by atoms with E-state index >= 15 is 0 Å². The van der Waals surface area contributed by atoms with Crippen molar-refractivity contribution in [1.82, 2.24) is 0 Å². The summed E-state index contributed by atoms with van der Waals surface area (Å²) >= 11 is 0. The molecule has 1 aliphatic heterocycles. The molecule has 148 valence electrons. The summed E-state index contributed by atoms with van der Waals surface area (Å²) in [4.78, 5) is 24.4. The van der Waals surface area contributed by atoms with Crippen molar-refractivity contribution >= 4 is 11.9 Å². The maximum atomic E-state index is 12.3. The Bertz CT molecular complexity index is 776. The Labute approximate surface area is 159 Å². The molecular weight excluding hydrogens is 348 g/mol. The highest BCUT2D eigenvalue weighted by atomic mass is 16.7. The third-order valence-corrected chi connectivity index (χ3v) is 6.66. The lowest BCUT2D eigenvalue weighted by atomic mass is 9.56. The zero-order chi connectivity index (χ0) is 20.1. The van der Waals surface area contributed by atoms with Gasteiger partial charge in [0.05, 0.1) is 6.10 Å². The summed E-state index contributed by atoms with van der Waals surface area (Å²) in [5.74, 6) is -2.67. The number of allylic oxidation sites excluding steroid dienone is 1. The Balaban J connectivity index is 2.03. The van der Waals surface area contributed by atoms with E-state index in [1.807, 2.05) is 13.8 Å². The highest BCUT2D eigenvalue weighted by Gasteiger charge is 2.61. The predicted octanol–water partition coefficient (Wildman–Crippen LogP) is 2.82. The van der Waals surface area contributed by atoms with Gasteiger partial charge in [-0.3, -0.25) is 0 Å². The largest absolute Gasteiger partial charge is 0.459 e. The number of aliphatic hydroxyl groups is 1. The van der Waals surface area contributed by atoms with Gasteiger partial charge < -0.3 is 19.3 Å². The second-order valence-corrected chi connectivity index (χ2v) is 7.94. The molecule has 0 aromatic rings. The zero-order valence-electron chi connectivity index (χ0n) is 16.8. The fraction of sp³-hybridized carbons (Fsp3) is 0.619. The molecule has 2 aliphatic carbocycles. The summed E-state index contributed by atoms with van der Waals surface area (Å²) in [7, 11) is 1.56. The molecular formula is C21H28O6. The first-order chi connectivity index (χ1) is 12.6. The molecule has 0 aromatic heterocycles. The van der Waals surface area contributed by atoms with Crippen molar-refractivity contribution in [3.05, 3.63) is 34.4 Å². The van der Waals surface area contributed by atoms with E-state index in [1.165, 1.54) is 0 Å². The van der Waals surface area contributed by atoms with Crippen LogP contribution in [0.1, 0.15) is 47.5 Å². The minimum absolute atomic E-state index is 0.0726. The summed E-state index contributed by atoms with van der Waals surface area (Å²) in [5.41, 5.74) is 1.83. The summed E-state index contributed by atoms with van der Waals surface area (Å²) in [6.07, 6.45) is 3.82. The number of rotatable bonds is 3. The molecule has 3 rings (SSSR count).